The Morgan fingerprint density at radius 3 is 1.16 bits per heavy atom. The van der Waals surface area contributed by atoms with Crippen LogP contribution in [0.15, 0.2) is 5.11 Å². The monoisotopic (exact) mass is 454 g/mol. The number of ether oxygens (including phenoxy) is 8. The summed E-state index contributed by atoms with van der Waals surface area (Å²) in [4.78, 5) is 13.1. The average Bonchev–Trinajstić information content (AvgIpc) is 2.76. The summed E-state index contributed by atoms with van der Waals surface area (Å²) in [6.45, 7) is 6.73. The van der Waals surface area contributed by atoms with Gasteiger partial charge in [0, 0.05) is 0 Å². The highest BCUT2D eigenvalue weighted by molar-refractivity contribution is 5.67. The summed E-state index contributed by atoms with van der Waals surface area (Å²) in [6, 6.07) is 0. The van der Waals surface area contributed by atoms with Gasteiger partial charge < -0.3 is 43.0 Å². The SMILES string of the molecule is N=[N+]=NCCOCCOCCOCCOCCOCCOCCOCCOCC(=O)O. The van der Waals surface area contributed by atoms with E-state index in [1.807, 2.05) is 0 Å². The van der Waals surface area contributed by atoms with E-state index in [9.17, 15) is 4.79 Å². The van der Waals surface area contributed by atoms with Crippen LogP contribution in [0.25, 0.3) is 0 Å². The molecule has 0 aromatic heterocycles. The Morgan fingerprint density at radius 1 is 0.581 bits per heavy atom. The quantitative estimate of drug-likeness (QED) is 0.101. The van der Waals surface area contributed by atoms with Gasteiger partial charge in [0.1, 0.15) is 23.8 Å². The molecule has 182 valence electrons. The van der Waals surface area contributed by atoms with Crippen LogP contribution in [0.2, 0.25) is 0 Å². The minimum absolute atomic E-state index is 0.243. The van der Waals surface area contributed by atoms with Crippen molar-refractivity contribution in [3.05, 3.63) is 0 Å². The van der Waals surface area contributed by atoms with E-state index >= 15 is 0 Å². The molecule has 13 nitrogen and oxygen atoms in total. The lowest BCUT2D eigenvalue weighted by Crippen LogP contribution is -2.15. The van der Waals surface area contributed by atoms with Crippen molar-refractivity contribution >= 4 is 5.97 Å². The van der Waals surface area contributed by atoms with Crippen molar-refractivity contribution in [1.29, 1.82) is 5.53 Å². The lowest BCUT2D eigenvalue weighted by atomic mass is 10.6. The Bertz CT molecular complexity index is 415. The molecule has 0 atom stereocenters. The van der Waals surface area contributed by atoms with E-state index < -0.39 is 5.97 Å². The number of rotatable bonds is 26. The molecule has 0 unspecified atom stereocenters. The molecule has 0 bridgehead atoms. The van der Waals surface area contributed by atoms with E-state index in [-0.39, 0.29) is 13.2 Å². The fraction of sp³-hybridized carbons (Fsp3) is 0.944. The van der Waals surface area contributed by atoms with E-state index in [2.05, 4.69) is 10.0 Å². The van der Waals surface area contributed by atoms with E-state index in [4.69, 9.17) is 48.5 Å². The Labute approximate surface area is 182 Å². The predicted octanol–water partition coefficient (Wildman–Crippen LogP) is -0.246. The molecular formula is C18H36N3O10+. The fourth-order valence-electron chi connectivity index (χ4n) is 1.85. The number of hydrogen-bond acceptors (Lipinski definition) is 11. The van der Waals surface area contributed by atoms with Crippen molar-refractivity contribution in [1.82, 2.24) is 4.91 Å². The van der Waals surface area contributed by atoms with Gasteiger partial charge in [0.05, 0.1) is 99.1 Å². The molecule has 0 aromatic carbocycles. The first-order chi connectivity index (χ1) is 15.3. The standard InChI is InChI=1S/C18H35N3O10/c19-21-20-1-2-24-3-4-25-5-6-26-7-8-27-9-10-28-11-12-29-13-14-30-15-16-31-17-18(22)23/h19H,1-17H2/p+1. The first-order valence-electron chi connectivity index (χ1n) is 10.1. The van der Waals surface area contributed by atoms with Gasteiger partial charge in [0.25, 0.3) is 0 Å². The molecule has 0 saturated heterocycles. The van der Waals surface area contributed by atoms with Gasteiger partial charge >= 0.3 is 5.97 Å². The molecule has 0 aliphatic rings. The summed E-state index contributed by atoms with van der Waals surface area (Å²) in [5.41, 5.74) is 6.47. The van der Waals surface area contributed by atoms with Crippen LogP contribution in [-0.4, -0.2) is 123 Å². The van der Waals surface area contributed by atoms with Crippen LogP contribution < -0.4 is 4.91 Å². The maximum atomic E-state index is 10.2. The number of hydrogen-bond donors (Lipinski definition) is 2. The van der Waals surface area contributed by atoms with E-state index in [1.165, 1.54) is 0 Å². The van der Waals surface area contributed by atoms with Gasteiger partial charge in [-0.05, 0) is 0 Å². The number of nitrogens with zero attached hydrogens (tertiary/aromatic N) is 2. The topological polar surface area (TPSA) is 161 Å². The molecule has 31 heavy (non-hydrogen) atoms. The molecular weight excluding hydrogens is 418 g/mol. The maximum absolute atomic E-state index is 10.2. The first-order valence-corrected chi connectivity index (χ1v) is 10.1. The molecule has 0 radical (unpaired) electrons. The fourth-order valence-corrected chi connectivity index (χ4v) is 1.85. The van der Waals surface area contributed by atoms with Crippen LogP contribution in [0, 0.1) is 5.53 Å². The zero-order valence-corrected chi connectivity index (χ0v) is 18.0. The van der Waals surface area contributed by atoms with Crippen LogP contribution >= 0.6 is 0 Å². The van der Waals surface area contributed by atoms with E-state index in [0.29, 0.717) is 99.0 Å². The van der Waals surface area contributed by atoms with Crippen LogP contribution in [0.1, 0.15) is 0 Å². The molecule has 13 heteroatoms. The van der Waals surface area contributed by atoms with Crippen LogP contribution in [-0.2, 0) is 42.7 Å². The first kappa shape index (κ1) is 29.5. The van der Waals surface area contributed by atoms with Crippen molar-refractivity contribution in [3.8, 4) is 0 Å². The lowest BCUT2D eigenvalue weighted by molar-refractivity contribution is -0.142. The normalized spacial score (nSPS) is 10.8. The smallest absolute Gasteiger partial charge is 0.329 e. The molecule has 0 heterocycles. The number of carbonyl (C=O) groups is 1. The van der Waals surface area contributed by atoms with Crippen LogP contribution in [0.5, 0.6) is 0 Å². The zero-order valence-electron chi connectivity index (χ0n) is 18.0. The van der Waals surface area contributed by atoms with Crippen molar-refractivity contribution in [2.45, 2.75) is 0 Å². The largest absolute Gasteiger partial charge is 0.480 e. The van der Waals surface area contributed by atoms with Gasteiger partial charge in [-0.1, -0.05) is 0 Å². The molecule has 0 spiro atoms. The molecule has 0 fully saturated rings. The highest BCUT2D eigenvalue weighted by atomic mass is 16.6. The number of nitrogens with one attached hydrogen (secondary N) is 1. The van der Waals surface area contributed by atoms with E-state index in [0.717, 1.165) is 0 Å². The Kier molecular flexibility index (Phi) is 25.2. The highest BCUT2D eigenvalue weighted by Crippen LogP contribution is 1.85. The molecule has 0 rings (SSSR count). The lowest BCUT2D eigenvalue weighted by Gasteiger charge is -2.08. The van der Waals surface area contributed by atoms with Gasteiger partial charge in [0.15, 0.2) is 0 Å². The molecule has 2 N–H and O–H groups in total. The van der Waals surface area contributed by atoms with Crippen molar-refractivity contribution in [2.24, 2.45) is 5.11 Å². The second kappa shape index (κ2) is 26.5. The number of carboxylic acid groups (broad SMARTS) is 1. The summed E-state index contributed by atoms with van der Waals surface area (Å²) < 4.78 is 42.0. The predicted molar refractivity (Wildman–Crippen MR) is 106 cm³/mol. The summed E-state index contributed by atoms with van der Waals surface area (Å²) in [5.74, 6) is -0.996. The minimum atomic E-state index is -0.996. The minimum Gasteiger partial charge on any atom is -0.480 e. The Morgan fingerprint density at radius 2 is 0.871 bits per heavy atom. The van der Waals surface area contributed by atoms with Crippen molar-refractivity contribution in [3.63, 3.8) is 0 Å². The Hall–Kier alpha value is -1.54. The summed E-state index contributed by atoms with van der Waals surface area (Å²) in [7, 11) is 0. The van der Waals surface area contributed by atoms with Gasteiger partial charge in [-0.15, -0.1) is 0 Å². The van der Waals surface area contributed by atoms with Crippen LogP contribution in [0.4, 0.5) is 0 Å². The molecule has 0 amide bonds. The van der Waals surface area contributed by atoms with Gasteiger partial charge in [-0.3, -0.25) is 0 Å². The van der Waals surface area contributed by atoms with Crippen LogP contribution in [0.3, 0.4) is 0 Å². The number of carboxylic acids is 1. The summed E-state index contributed by atoms with van der Waals surface area (Å²) in [5, 5.41) is 11.8. The van der Waals surface area contributed by atoms with Crippen molar-refractivity contribution < 1.29 is 47.8 Å². The Balaban J connectivity index is 3.02. The maximum Gasteiger partial charge on any atom is 0.329 e. The molecule has 0 aliphatic carbocycles. The summed E-state index contributed by atoms with van der Waals surface area (Å²) in [6.07, 6.45) is 0. The highest BCUT2D eigenvalue weighted by Gasteiger charge is 1.97. The van der Waals surface area contributed by atoms with Gasteiger partial charge in [-0.25, -0.2) is 4.79 Å². The molecule has 0 saturated carbocycles. The van der Waals surface area contributed by atoms with Gasteiger partial charge in [0.2, 0.25) is 4.91 Å². The molecule has 0 aromatic rings. The third kappa shape index (κ3) is 28.5. The third-order valence-corrected chi connectivity index (χ3v) is 3.24. The average molecular weight is 454 g/mol. The van der Waals surface area contributed by atoms with Crippen molar-refractivity contribution in [2.75, 3.05) is 112 Å². The van der Waals surface area contributed by atoms with E-state index in [1.54, 1.807) is 0 Å². The second-order valence-corrected chi connectivity index (χ2v) is 5.70. The number of aliphatic carboxylic acids is 1. The van der Waals surface area contributed by atoms with Gasteiger partial charge in [-0.2, -0.15) is 0 Å². The zero-order chi connectivity index (χ0) is 22.7. The third-order valence-electron chi connectivity index (χ3n) is 3.24. The second-order valence-electron chi connectivity index (χ2n) is 5.70. The molecule has 0 aliphatic heterocycles. The summed E-state index contributed by atoms with van der Waals surface area (Å²) >= 11 is 0.